The zero-order chi connectivity index (χ0) is 16.1. The van der Waals surface area contributed by atoms with Crippen LogP contribution in [-0.4, -0.2) is 15.2 Å². The molecular formula is C17H12BrN5. The van der Waals surface area contributed by atoms with Crippen molar-refractivity contribution in [3.63, 3.8) is 0 Å². The summed E-state index contributed by atoms with van der Waals surface area (Å²) < 4.78 is 1.03. The molecule has 112 valence electrons. The summed E-state index contributed by atoms with van der Waals surface area (Å²) in [5.41, 5.74) is 2.63. The van der Waals surface area contributed by atoms with Gasteiger partial charge in [0, 0.05) is 10.2 Å². The monoisotopic (exact) mass is 365 g/mol. The number of nitriles is 1. The van der Waals surface area contributed by atoms with E-state index < -0.39 is 0 Å². The highest BCUT2D eigenvalue weighted by atomic mass is 79.9. The Morgan fingerprint density at radius 3 is 2.35 bits per heavy atom. The summed E-state index contributed by atoms with van der Waals surface area (Å²) in [5.74, 6) is 0.514. The molecule has 0 fully saturated rings. The molecule has 5 nitrogen and oxygen atoms in total. The molecule has 0 radical (unpaired) electrons. The molecule has 0 atom stereocenters. The zero-order valence-electron chi connectivity index (χ0n) is 12.1. The Bertz CT molecular complexity index is 810. The molecule has 0 saturated heterocycles. The van der Waals surface area contributed by atoms with Gasteiger partial charge in [0.25, 0.3) is 0 Å². The fraction of sp³-hybridized carbons (Fsp3) is 0.0588. The van der Waals surface area contributed by atoms with Gasteiger partial charge in [-0.15, -0.1) is 5.10 Å². The van der Waals surface area contributed by atoms with E-state index in [-0.39, 0.29) is 0 Å². The molecular weight excluding hydrogens is 354 g/mol. The van der Waals surface area contributed by atoms with E-state index in [1.54, 1.807) is 24.5 Å². The van der Waals surface area contributed by atoms with Gasteiger partial charge < -0.3 is 4.90 Å². The smallest absolute Gasteiger partial charge is 0.250 e. The molecule has 0 amide bonds. The lowest BCUT2D eigenvalue weighted by atomic mass is 10.1. The topological polar surface area (TPSA) is 65.7 Å². The number of halogens is 1. The second-order valence-electron chi connectivity index (χ2n) is 4.81. The van der Waals surface area contributed by atoms with Crippen molar-refractivity contribution in [1.82, 2.24) is 15.2 Å². The largest absolute Gasteiger partial charge is 0.305 e. The van der Waals surface area contributed by atoms with Gasteiger partial charge in [-0.05, 0) is 42.0 Å². The van der Waals surface area contributed by atoms with Crippen molar-refractivity contribution in [2.45, 2.75) is 6.54 Å². The van der Waals surface area contributed by atoms with Gasteiger partial charge in [-0.1, -0.05) is 28.1 Å². The van der Waals surface area contributed by atoms with Gasteiger partial charge in [0.05, 0.1) is 30.6 Å². The molecule has 0 spiro atoms. The number of aromatic nitrogens is 3. The van der Waals surface area contributed by atoms with Crippen LogP contribution in [0.3, 0.4) is 0 Å². The minimum Gasteiger partial charge on any atom is -0.305 e. The Balaban J connectivity index is 1.96. The lowest BCUT2D eigenvalue weighted by Crippen LogP contribution is -2.19. The summed E-state index contributed by atoms with van der Waals surface area (Å²) in [4.78, 5) is 6.25. The number of anilines is 2. The van der Waals surface area contributed by atoms with Gasteiger partial charge in [-0.25, -0.2) is 4.98 Å². The Morgan fingerprint density at radius 1 is 1.00 bits per heavy atom. The Labute approximate surface area is 142 Å². The molecule has 6 heteroatoms. The van der Waals surface area contributed by atoms with E-state index in [0.29, 0.717) is 18.1 Å². The average Bonchev–Trinajstić information content (AvgIpc) is 2.62. The fourth-order valence-corrected chi connectivity index (χ4v) is 2.39. The molecule has 3 aromatic rings. The summed E-state index contributed by atoms with van der Waals surface area (Å²) in [6, 6.07) is 17.5. The van der Waals surface area contributed by atoms with Crippen molar-refractivity contribution in [3.8, 4) is 6.07 Å². The molecule has 0 aliphatic carbocycles. The molecule has 0 aliphatic rings. The van der Waals surface area contributed by atoms with Gasteiger partial charge in [0.1, 0.15) is 0 Å². The first-order valence-electron chi connectivity index (χ1n) is 6.92. The Morgan fingerprint density at radius 2 is 1.74 bits per heavy atom. The van der Waals surface area contributed by atoms with Crippen LogP contribution in [0, 0.1) is 11.3 Å². The third kappa shape index (κ3) is 3.71. The van der Waals surface area contributed by atoms with Crippen LogP contribution in [0.4, 0.5) is 11.6 Å². The third-order valence-electron chi connectivity index (χ3n) is 3.27. The van der Waals surface area contributed by atoms with Gasteiger partial charge in [0.15, 0.2) is 0 Å². The van der Waals surface area contributed by atoms with Crippen LogP contribution in [0.15, 0.2) is 65.4 Å². The second-order valence-corrected chi connectivity index (χ2v) is 5.73. The predicted octanol–water partition coefficient (Wildman–Crippen LogP) is 3.84. The first kappa shape index (κ1) is 15.1. The number of hydrogen-bond donors (Lipinski definition) is 0. The quantitative estimate of drug-likeness (QED) is 0.702. The Hall–Kier alpha value is -2.78. The Kier molecular flexibility index (Phi) is 4.60. The minimum absolute atomic E-state index is 0.514. The van der Waals surface area contributed by atoms with Crippen molar-refractivity contribution in [3.05, 3.63) is 76.5 Å². The average molecular weight is 366 g/mol. The maximum atomic E-state index is 8.94. The normalized spacial score (nSPS) is 10.1. The molecule has 0 unspecified atom stereocenters. The minimum atomic E-state index is 0.514. The molecule has 0 bridgehead atoms. The first-order chi connectivity index (χ1) is 11.3. The maximum absolute atomic E-state index is 8.94. The summed E-state index contributed by atoms with van der Waals surface area (Å²) in [6.07, 6.45) is 3.15. The van der Waals surface area contributed by atoms with Gasteiger partial charge in [-0.3, -0.25) is 0 Å². The van der Waals surface area contributed by atoms with E-state index >= 15 is 0 Å². The molecule has 2 aromatic carbocycles. The van der Waals surface area contributed by atoms with Crippen LogP contribution < -0.4 is 4.90 Å². The standard InChI is InChI=1S/C17H12BrN5/c18-15-5-1-14(2-6-15)12-23(17-20-9-10-21-22-17)16-7-3-13(11-19)4-8-16/h1-10H,12H2. The number of rotatable bonds is 4. The first-order valence-corrected chi connectivity index (χ1v) is 7.71. The molecule has 0 saturated carbocycles. The summed E-state index contributed by atoms with van der Waals surface area (Å²) >= 11 is 3.44. The van der Waals surface area contributed by atoms with Crippen LogP contribution in [0.1, 0.15) is 11.1 Å². The predicted molar refractivity (Wildman–Crippen MR) is 91.0 cm³/mol. The van der Waals surface area contributed by atoms with E-state index in [1.807, 2.05) is 41.3 Å². The van der Waals surface area contributed by atoms with E-state index in [0.717, 1.165) is 15.7 Å². The van der Waals surface area contributed by atoms with Crippen LogP contribution in [0.25, 0.3) is 0 Å². The molecule has 23 heavy (non-hydrogen) atoms. The molecule has 0 N–H and O–H groups in total. The summed E-state index contributed by atoms with van der Waals surface area (Å²) in [6.45, 7) is 0.602. The zero-order valence-corrected chi connectivity index (χ0v) is 13.7. The highest BCUT2D eigenvalue weighted by Gasteiger charge is 2.13. The SMILES string of the molecule is N#Cc1ccc(N(Cc2ccc(Br)cc2)c2nccnn2)cc1. The third-order valence-corrected chi connectivity index (χ3v) is 3.80. The van der Waals surface area contributed by atoms with E-state index in [1.165, 1.54) is 0 Å². The molecule has 1 heterocycles. The fourth-order valence-electron chi connectivity index (χ4n) is 2.13. The summed E-state index contributed by atoms with van der Waals surface area (Å²) in [7, 11) is 0. The van der Waals surface area contributed by atoms with E-state index in [4.69, 9.17) is 5.26 Å². The van der Waals surface area contributed by atoms with Gasteiger partial charge in [0.2, 0.25) is 5.95 Å². The number of nitrogens with zero attached hydrogens (tertiary/aromatic N) is 5. The molecule has 3 rings (SSSR count). The van der Waals surface area contributed by atoms with Gasteiger partial charge in [-0.2, -0.15) is 10.4 Å². The molecule has 0 aliphatic heterocycles. The van der Waals surface area contributed by atoms with Crippen molar-refractivity contribution < 1.29 is 0 Å². The van der Waals surface area contributed by atoms with Crippen molar-refractivity contribution in [1.29, 1.82) is 5.26 Å². The van der Waals surface area contributed by atoms with Crippen LogP contribution >= 0.6 is 15.9 Å². The van der Waals surface area contributed by atoms with Crippen molar-refractivity contribution in [2.75, 3.05) is 4.90 Å². The number of benzene rings is 2. The van der Waals surface area contributed by atoms with E-state index in [2.05, 4.69) is 37.2 Å². The van der Waals surface area contributed by atoms with Crippen LogP contribution in [-0.2, 0) is 6.54 Å². The van der Waals surface area contributed by atoms with Crippen LogP contribution in [0.5, 0.6) is 0 Å². The second kappa shape index (κ2) is 6.99. The van der Waals surface area contributed by atoms with Crippen LogP contribution in [0.2, 0.25) is 0 Å². The maximum Gasteiger partial charge on any atom is 0.250 e. The number of hydrogen-bond acceptors (Lipinski definition) is 5. The van der Waals surface area contributed by atoms with Crippen molar-refractivity contribution >= 4 is 27.6 Å². The van der Waals surface area contributed by atoms with Gasteiger partial charge >= 0.3 is 0 Å². The highest BCUT2D eigenvalue weighted by Crippen LogP contribution is 2.24. The summed E-state index contributed by atoms with van der Waals surface area (Å²) in [5, 5.41) is 17.0. The highest BCUT2D eigenvalue weighted by molar-refractivity contribution is 9.10. The lowest BCUT2D eigenvalue weighted by molar-refractivity contribution is 0.862. The van der Waals surface area contributed by atoms with Crippen molar-refractivity contribution in [2.24, 2.45) is 0 Å². The van der Waals surface area contributed by atoms with E-state index in [9.17, 15) is 0 Å². The molecule has 1 aromatic heterocycles. The lowest BCUT2D eigenvalue weighted by Gasteiger charge is -2.22.